The zero-order valence-corrected chi connectivity index (χ0v) is 8.79. The molecule has 0 radical (unpaired) electrons. The van der Waals surface area contributed by atoms with Crippen LogP contribution in [-0.4, -0.2) is 23.0 Å². The molecule has 0 fully saturated rings. The summed E-state index contributed by atoms with van der Waals surface area (Å²) in [4.78, 5) is 10.3. The summed E-state index contributed by atoms with van der Waals surface area (Å²) in [6.45, 7) is 0.201. The van der Waals surface area contributed by atoms with Crippen molar-refractivity contribution >= 4 is 12.0 Å². The van der Waals surface area contributed by atoms with Gasteiger partial charge in [0.15, 0.2) is 11.5 Å². The molecule has 0 amide bonds. The van der Waals surface area contributed by atoms with Gasteiger partial charge < -0.3 is 19.7 Å². The summed E-state index contributed by atoms with van der Waals surface area (Å²) >= 11 is 0. The number of fused-ring (bicyclic) bond motifs is 1. The van der Waals surface area contributed by atoms with E-state index in [0.29, 0.717) is 17.6 Å². The van der Waals surface area contributed by atoms with Gasteiger partial charge in [0, 0.05) is 0 Å². The second-order valence-corrected chi connectivity index (χ2v) is 3.35. The number of benzene rings is 1. The molecule has 17 heavy (non-hydrogen) atoms. The molecule has 2 rings (SSSR count). The highest BCUT2D eigenvalue weighted by atomic mass is 16.7. The zero-order valence-electron chi connectivity index (χ0n) is 8.79. The van der Waals surface area contributed by atoms with Crippen LogP contribution in [0.2, 0.25) is 0 Å². The molecule has 0 saturated carbocycles. The fourth-order valence-electron chi connectivity index (χ4n) is 1.37. The lowest BCUT2D eigenvalue weighted by Crippen LogP contribution is -1.92. The lowest BCUT2D eigenvalue weighted by Gasteiger charge is -1.97. The molecule has 0 aromatic heterocycles. The van der Waals surface area contributed by atoms with E-state index in [1.165, 1.54) is 6.08 Å². The summed E-state index contributed by atoms with van der Waals surface area (Å²) in [5.74, 6) is -0.214. The first-order chi connectivity index (χ1) is 8.15. The molecule has 0 bridgehead atoms. The van der Waals surface area contributed by atoms with Crippen LogP contribution >= 0.6 is 0 Å². The summed E-state index contributed by atoms with van der Waals surface area (Å²) in [7, 11) is 0. The zero-order chi connectivity index (χ0) is 12.3. The second kappa shape index (κ2) is 4.61. The van der Waals surface area contributed by atoms with Crippen LogP contribution in [0.4, 0.5) is 0 Å². The van der Waals surface area contributed by atoms with Crippen LogP contribution < -0.4 is 9.47 Å². The summed E-state index contributed by atoms with van der Waals surface area (Å²) in [6.07, 6.45) is 3.59. The first-order valence-corrected chi connectivity index (χ1v) is 4.86. The number of ether oxygens (including phenoxy) is 2. The average Bonchev–Trinajstić information content (AvgIpc) is 2.72. The highest BCUT2D eigenvalue weighted by Crippen LogP contribution is 2.32. The molecule has 1 aromatic rings. The third-order valence-corrected chi connectivity index (χ3v) is 2.11. The molecule has 5 nitrogen and oxygen atoms in total. The van der Waals surface area contributed by atoms with Crippen LogP contribution in [0.25, 0.3) is 6.08 Å². The van der Waals surface area contributed by atoms with Gasteiger partial charge in [-0.15, -0.1) is 0 Å². The van der Waals surface area contributed by atoms with Crippen molar-refractivity contribution in [2.45, 2.75) is 0 Å². The summed E-state index contributed by atoms with van der Waals surface area (Å²) in [5, 5.41) is 17.6. The lowest BCUT2D eigenvalue weighted by atomic mass is 10.2. The highest BCUT2D eigenvalue weighted by Gasteiger charge is 2.12. The smallest absolute Gasteiger partial charge is 0.332 e. The van der Waals surface area contributed by atoms with Crippen molar-refractivity contribution in [3.63, 3.8) is 0 Å². The lowest BCUT2D eigenvalue weighted by molar-refractivity contribution is -0.131. The topological polar surface area (TPSA) is 76.0 Å². The Labute approximate surface area is 97.2 Å². The summed E-state index contributed by atoms with van der Waals surface area (Å²) in [5.41, 5.74) is 0.777. The van der Waals surface area contributed by atoms with Gasteiger partial charge in [-0.1, -0.05) is 12.1 Å². The number of hydrogen-bond donors (Lipinski definition) is 2. The number of carbonyl (C=O) groups is 1. The Morgan fingerprint density at radius 3 is 2.76 bits per heavy atom. The van der Waals surface area contributed by atoms with Crippen molar-refractivity contribution < 1.29 is 24.5 Å². The van der Waals surface area contributed by atoms with E-state index in [0.717, 1.165) is 5.56 Å². The van der Waals surface area contributed by atoms with Gasteiger partial charge in [-0.05, 0) is 23.8 Å². The van der Waals surface area contributed by atoms with Crippen LogP contribution in [0.1, 0.15) is 5.56 Å². The van der Waals surface area contributed by atoms with Gasteiger partial charge >= 0.3 is 5.97 Å². The Hall–Kier alpha value is -2.43. The Morgan fingerprint density at radius 1 is 1.24 bits per heavy atom. The van der Waals surface area contributed by atoms with E-state index in [2.05, 4.69) is 0 Å². The minimum atomic E-state index is -1.20. The van der Waals surface area contributed by atoms with Crippen molar-refractivity contribution in [2.24, 2.45) is 0 Å². The molecule has 1 aliphatic heterocycles. The number of carboxylic acids is 1. The molecule has 0 spiro atoms. The number of hydrogen-bond acceptors (Lipinski definition) is 4. The van der Waals surface area contributed by atoms with Gasteiger partial charge in [0.1, 0.15) is 5.76 Å². The number of aliphatic carboxylic acids is 1. The Kier molecular flexibility index (Phi) is 3.00. The monoisotopic (exact) mass is 234 g/mol. The number of rotatable bonds is 3. The minimum absolute atomic E-state index is 0.201. The highest BCUT2D eigenvalue weighted by molar-refractivity contribution is 5.81. The van der Waals surface area contributed by atoms with Crippen molar-refractivity contribution in [1.29, 1.82) is 0 Å². The van der Waals surface area contributed by atoms with Crippen LogP contribution in [0.3, 0.4) is 0 Å². The van der Waals surface area contributed by atoms with Crippen LogP contribution in [-0.2, 0) is 4.79 Å². The van der Waals surface area contributed by atoms with E-state index in [4.69, 9.17) is 14.6 Å². The standard InChI is InChI=1S/C12H10O5/c13-9(6-12(14)15)3-1-8-2-4-10-11(5-8)17-7-16-10/h1-6,13H,7H2,(H,14,15)/b3-1+,9-6-. The molecular weight excluding hydrogens is 224 g/mol. The van der Waals surface area contributed by atoms with Gasteiger partial charge in [0.2, 0.25) is 6.79 Å². The predicted octanol–water partition coefficient (Wildman–Crippen LogP) is 1.95. The molecule has 1 aliphatic rings. The average molecular weight is 234 g/mol. The van der Waals surface area contributed by atoms with E-state index in [1.807, 2.05) is 0 Å². The fraction of sp³-hybridized carbons (Fsp3) is 0.0833. The van der Waals surface area contributed by atoms with Crippen LogP contribution in [0, 0.1) is 0 Å². The quantitative estimate of drug-likeness (QED) is 0.475. The van der Waals surface area contributed by atoms with Crippen molar-refractivity contribution in [1.82, 2.24) is 0 Å². The third kappa shape index (κ3) is 2.78. The molecule has 88 valence electrons. The summed E-state index contributed by atoms with van der Waals surface area (Å²) < 4.78 is 10.3. The van der Waals surface area contributed by atoms with Crippen LogP contribution in [0.15, 0.2) is 36.1 Å². The fourth-order valence-corrected chi connectivity index (χ4v) is 1.37. The number of aliphatic hydroxyl groups is 1. The Morgan fingerprint density at radius 2 is 2.00 bits per heavy atom. The number of aliphatic hydroxyl groups excluding tert-OH is 1. The van der Waals surface area contributed by atoms with Gasteiger partial charge in [-0.2, -0.15) is 0 Å². The largest absolute Gasteiger partial charge is 0.508 e. The predicted molar refractivity (Wildman–Crippen MR) is 59.9 cm³/mol. The Balaban J connectivity index is 2.14. The normalized spacial score (nSPS) is 14.2. The van der Waals surface area contributed by atoms with E-state index < -0.39 is 5.97 Å². The molecule has 1 heterocycles. The third-order valence-electron chi connectivity index (χ3n) is 2.11. The molecule has 1 aromatic carbocycles. The molecule has 0 saturated heterocycles. The molecule has 2 N–H and O–H groups in total. The summed E-state index contributed by atoms with van der Waals surface area (Å²) in [6, 6.07) is 5.27. The van der Waals surface area contributed by atoms with Gasteiger partial charge in [0.25, 0.3) is 0 Å². The van der Waals surface area contributed by atoms with E-state index in [9.17, 15) is 9.90 Å². The molecule has 0 aliphatic carbocycles. The van der Waals surface area contributed by atoms with Crippen molar-refractivity contribution in [3.8, 4) is 11.5 Å². The maximum atomic E-state index is 10.3. The van der Waals surface area contributed by atoms with Crippen molar-refractivity contribution in [2.75, 3.05) is 6.79 Å². The number of carboxylic acid groups (broad SMARTS) is 1. The molecule has 0 atom stereocenters. The molecule has 5 heteroatoms. The maximum Gasteiger partial charge on any atom is 0.332 e. The number of allylic oxidation sites excluding steroid dienone is 1. The maximum absolute atomic E-state index is 10.3. The van der Waals surface area contributed by atoms with E-state index >= 15 is 0 Å². The van der Waals surface area contributed by atoms with Crippen molar-refractivity contribution in [3.05, 3.63) is 41.7 Å². The molecular formula is C12H10O5. The molecule has 0 unspecified atom stereocenters. The Bertz CT molecular complexity index is 502. The van der Waals surface area contributed by atoms with E-state index in [-0.39, 0.29) is 12.6 Å². The van der Waals surface area contributed by atoms with E-state index in [1.54, 1.807) is 24.3 Å². The SMILES string of the molecule is O=C(O)/C=C(O)/C=C/c1ccc2c(c1)OCO2. The van der Waals surface area contributed by atoms with Crippen LogP contribution in [0.5, 0.6) is 11.5 Å². The second-order valence-electron chi connectivity index (χ2n) is 3.35. The van der Waals surface area contributed by atoms with Gasteiger partial charge in [-0.3, -0.25) is 0 Å². The van der Waals surface area contributed by atoms with Gasteiger partial charge in [-0.25, -0.2) is 4.79 Å². The first kappa shape index (κ1) is 11.1. The minimum Gasteiger partial charge on any atom is -0.508 e. The first-order valence-electron chi connectivity index (χ1n) is 4.86. The van der Waals surface area contributed by atoms with Gasteiger partial charge in [0.05, 0.1) is 6.08 Å².